The van der Waals surface area contributed by atoms with Crippen molar-refractivity contribution >= 4 is 11.3 Å². The molecular formula is C17H31N3S. The number of hydrogen-bond acceptors (Lipinski definition) is 4. The van der Waals surface area contributed by atoms with Gasteiger partial charge in [0.1, 0.15) is 0 Å². The molecule has 2 atom stereocenters. The molecule has 1 heterocycles. The van der Waals surface area contributed by atoms with Crippen molar-refractivity contribution in [3.05, 3.63) is 16.1 Å². The standard InChI is InChI=1S/C17H31N3S/c1-4-6-15-7-5-9-17(12-18,10-8-15)20(3)11-16-14(2)19-13-21-16/h13,15H,4-12,18H2,1-3H3. The molecule has 120 valence electrons. The Morgan fingerprint density at radius 2 is 2.24 bits per heavy atom. The fraction of sp³-hybridized carbons (Fsp3) is 0.824. The Morgan fingerprint density at radius 3 is 2.86 bits per heavy atom. The number of aromatic nitrogens is 1. The molecule has 1 aliphatic carbocycles. The first kappa shape index (κ1) is 16.9. The molecule has 1 saturated carbocycles. The molecular weight excluding hydrogens is 278 g/mol. The van der Waals surface area contributed by atoms with Gasteiger partial charge in [-0.15, -0.1) is 11.3 Å². The van der Waals surface area contributed by atoms with Crippen LogP contribution in [-0.4, -0.2) is 29.0 Å². The minimum Gasteiger partial charge on any atom is -0.329 e. The smallest absolute Gasteiger partial charge is 0.0798 e. The van der Waals surface area contributed by atoms with Crippen LogP contribution in [0.2, 0.25) is 0 Å². The van der Waals surface area contributed by atoms with Crippen molar-refractivity contribution < 1.29 is 0 Å². The second-order valence-corrected chi connectivity index (χ2v) is 7.67. The van der Waals surface area contributed by atoms with E-state index in [0.29, 0.717) is 0 Å². The average Bonchev–Trinajstić information content (AvgIpc) is 2.76. The van der Waals surface area contributed by atoms with E-state index in [-0.39, 0.29) is 5.54 Å². The van der Waals surface area contributed by atoms with Gasteiger partial charge in [-0.25, -0.2) is 4.98 Å². The van der Waals surface area contributed by atoms with Crippen molar-refractivity contribution in [2.24, 2.45) is 11.7 Å². The third-order valence-electron chi connectivity index (χ3n) is 5.38. The Bertz CT molecular complexity index is 431. The molecule has 0 amide bonds. The molecule has 0 aromatic carbocycles. The van der Waals surface area contributed by atoms with Gasteiger partial charge in [0, 0.05) is 23.5 Å². The molecule has 3 nitrogen and oxygen atoms in total. The van der Waals surface area contributed by atoms with E-state index in [1.807, 2.05) is 5.51 Å². The Kier molecular flexibility index (Phi) is 6.20. The Labute approximate surface area is 133 Å². The second-order valence-electron chi connectivity index (χ2n) is 6.73. The lowest BCUT2D eigenvalue weighted by Crippen LogP contribution is -2.51. The minimum atomic E-state index is 0.193. The van der Waals surface area contributed by atoms with Crippen LogP contribution >= 0.6 is 11.3 Å². The van der Waals surface area contributed by atoms with E-state index >= 15 is 0 Å². The molecule has 2 rings (SSSR count). The summed E-state index contributed by atoms with van der Waals surface area (Å²) in [4.78, 5) is 8.28. The fourth-order valence-corrected chi connectivity index (χ4v) is 4.59. The SMILES string of the molecule is CCCC1CCCC(CN)(N(C)Cc2scnc2C)CC1. The zero-order chi connectivity index (χ0) is 15.3. The summed E-state index contributed by atoms with van der Waals surface area (Å²) in [5.74, 6) is 0.918. The van der Waals surface area contributed by atoms with Gasteiger partial charge < -0.3 is 5.73 Å². The first-order valence-electron chi connectivity index (χ1n) is 8.41. The maximum atomic E-state index is 6.24. The van der Waals surface area contributed by atoms with Gasteiger partial charge in [-0.3, -0.25) is 4.90 Å². The van der Waals surface area contributed by atoms with Crippen LogP contribution in [0, 0.1) is 12.8 Å². The van der Waals surface area contributed by atoms with Crippen LogP contribution in [0.5, 0.6) is 0 Å². The van der Waals surface area contributed by atoms with Crippen LogP contribution in [0.15, 0.2) is 5.51 Å². The second kappa shape index (κ2) is 7.70. The molecule has 1 aromatic heterocycles. The predicted molar refractivity (Wildman–Crippen MR) is 91.6 cm³/mol. The molecule has 1 fully saturated rings. The highest BCUT2D eigenvalue weighted by atomic mass is 32.1. The van der Waals surface area contributed by atoms with Crippen LogP contribution in [0.4, 0.5) is 0 Å². The topological polar surface area (TPSA) is 42.1 Å². The van der Waals surface area contributed by atoms with Crippen LogP contribution in [0.25, 0.3) is 0 Å². The number of aryl methyl sites for hydroxylation is 1. The molecule has 0 spiro atoms. The van der Waals surface area contributed by atoms with Crippen molar-refractivity contribution in [1.82, 2.24) is 9.88 Å². The summed E-state index contributed by atoms with van der Waals surface area (Å²) < 4.78 is 0. The van der Waals surface area contributed by atoms with Crippen molar-refractivity contribution in [3.8, 4) is 0 Å². The van der Waals surface area contributed by atoms with Gasteiger partial charge in [-0.1, -0.05) is 32.6 Å². The molecule has 2 N–H and O–H groups in total. The molecule has 0 aliphatic heterocycles. The number of nitrogens with two attached hydrogens (primary N) is 1. The summed E-state index contributed by atoms with van der Waals surface area (Å²) in [6.45, 7) is 6.19. The number of rotatable bonds is 6. The summed E-state index contributed by atoms with van der Waals surface area (Å²) in [7, 11) is 2.26. The van der Waals surface area contributed by atoms with Crippen LogP contribution in [-0.2, 0) is 6.54 Å². The summed E-state index contributed by atoms with van der Waals surface area (Å²) in [6, 6.07) is 0. The monoisotopic (exact) mass is 309 g/mol. The van der Waals surface area contributed by atoms with E-state index in [9.17, 15) is 0 Å². The lowest BCUT2D eigenvalue weighted by Gasteiger charge is -2.41. The van der Waals surface area contributed by atoms with Crippen molar-refractivity contribution in [3.63, 3.8) is 0 Å². The first-order chi connectivity index (χ1) is 10.1. The van der Waals surface area contributed by atoms with E-state index in [0.717, 1.165) is 19.0 Å². The number of likely N-dealkylation sites (N-methyl/N-ethyl adjacent to an activating group) is 1. The molecule has 1 aliphatic rings. The summed E-state index contributed by atoms with van der Waals surface area (Å²) in [5.41, 5.74) is 9.57. The summed E-state index contributed by atoms with van der Waals surface area (Å²) >= 11 is 1.77. The van der Waals surface area contributed by atoms with E-state index < -0.39 is 0 Å². The van der Waals surface area contributed by atoms with Crippen LogP contribution in [0.3, 0.4) is 0 Å². The first-order valence-corrected chi connectivity index (χ1v) is 9.29. The van der Waals surface area contributed by atoms with Crippen LogP contribution < -0.4 is 5.73 Å². The molecule has 4 heteroatoms. The highest BCUT2D eigenvalue weighted by Gasteiger charge is 2.35. The highest BCUT2D eigenvalue weighted by molar-refractivity contribution is 7.09. The molecule has 0 saturated heterocycles. The van der Waals surface area contributed by atoms with Crippen molar-refractivity contribution in [1.29, 1.82) is 0 Å². The van der Waals surface area contributed by atoms with E-state index in [1.165, 1.54) is 55.5 Å². The predicted octanol–water partition coefficient (Wildman–Crippen LogP) is 3.96. The van der Waals surface area contributed by atoms with E-state index in [1.54, 1.807) is 11.3 Å². The van der Waals surface area contributed by atoms with Gasteiger partial charge in [-0.05, 0) is 39.2 Å². The average molecular weight is 310 g/mol. The summed E-state index contributed by atoms with van der Waals surface area (Å²) in [6.07, 6.45) is 9.27. The molecule has 0 radical (unpaired) electrons. The zero-order valence-electron chi connectivity index (χ0n) is 13.9. The largest absolute Gasteiger partial charge is 0.329 e. The van der Waals surface area contributed by atoms with Gasteiger partial charge in [0.05, 0.1) is 11.2 Å². The van der Waals surface area contributed by atoms with Gasteiger partial charge in [0.15, 0.2) is 0 Å². The van der Waals surface area contributed by atoms with Crippen molar-refractivity contribution in [2.75, 3.05) is 13.6 Å². The molecule has 2 unspecified atom stereocenters. The maximum Gasteiger partial charge on any atom is 0.0798 e. The summed E-state index contributed by atoms with van der Waals surface area (Å²) in [5, 5.41) is 0. The Hall–Kier alpha value is -0.450. The lowest BCUT2D eigenvalue weighted by molar-refractivity contribution is 0.0991. The van der Waals surface area contributed by atoms with Gasteiger partial charge in [0.25, 0.3) is 0 Å². The Balaban J connectivity index is 2.04. The molecule has 21 heavy (non-hydrogen) atoms. The Morgan fingerprint density at radius 1 is 1.43 bits per heavy atom. The minimum absolute atomic E-state index is 0.193. The van der Waals surface area contributed by atoms with Gasteiger partial charge in [-0.2, -0.15) is 0 Å². The van der Waals surface area contributed by atoms with Gasteiger partial charge in [0.2, 0.25) is 0 Å². The number of nitrogens with zero attached hydrogens (tertiary/aromatic N) is 2. The normalized spacial score (nSPS) is 27.0. The molecule has 0 bridgehead atoms. The third-order valence-corrected chi connectivity index (χ3v) is 6.30. The third kappa shape index (κ3) is 4.05. The maximum absolute atomic E-state index is 6.24. The lowest BCUT2D eigenvalue weighted by atomic mass is 9.87. The fourth-order valence-electron chi connectivity index (χ4n) is 3.76. The highest BCUT2D eigenvalue weighted by Crippen LogP contribution is 2.36. The zero-order valence-corrected chi connectivity index (χ0v) is 14.7. The quantitative estimate of drug-likeness (QED) is 0.809. The number of thiazole rings is 1. The number of hydrogen-bond donors (Lipinski definition) is 1. The van der Waals surface area contributed by atoms with Gasteiger partial charge >= 0.3 is 0 Å². The van der Waals surface area contributed by atoms with E-state index in [4.69, 9.17) is 5.73 Å². The van der Waals surface area contributed by atoms with Crippen molar-refractivity contribution in [2.45, 2.75) is 70.9 Å². The molecule has 1 aromatic rings. The van der Waals surface area contributed by atoms with E-state index in [2.05, 4.69) is 30.8 Å². The van der Waals surface area contributed by atoms with Crippen LogP contribution in [0.1, 0.15) is 62.4 Å².